The van der Waals surface area contributed by atoms with E-state index in [1.807, 2.05) is 0 Å². The lowest BCUT2D eigenvalue weighted by atomic mass is 9.96. The van der Waals surface area contributed by atoms with E-state index < -0.39 is 5.97 Å². The number of piperazine rings is 1. The molecule has 6 nitrogen and oxygen atoms in total. The van der Waals surface area contributed by atoms with Crippen molar-refractivity contribution in [2.24, 2.45) is 0 Å². The number of aromatic nitrogens is 2. The molecule has 0 amide bonds. The SMILES string of the molecule is CCCC(CC(=O)O)c1nc2ccc(CN3CCN(C(c4ccccc4)c4ccccc4)CC3)cc2[nH]1. The summed E-state index contributed by atoms with van der Waals surface area (Å²) in [5.74, 6) is -0.0630. The molecule has 1 saturated heterocycles. The van der Waals surface area contributed by atoms with Crippen LogP contribution < -0.4 is 0 Å². The summed E-state index contributed by atoms with van der Waals surface area (Å²) in [4.78, 5) is 24.6. The molecule has 5 rings (SSSR count). The number of imidazole rings is 1. The molecule has 1 atom stereocenters. The Balaban J connectivity index is 1.26. The normalized spacial score (nSPS) is 15.8. The van der Waals surface area contributed by atoms with Gasteiger partial charge in [-0.1, -0.05) is 80.1 Å². The van der Waals surface area contributed by atoms with Gasteiger partial charge < -0.3 is 10.1 Å². The number of aromatic amines is 1. The Hall–Kier alpha value is -3.48. The third kappa shape index (κ3) is 6.09. The van der Waals surface area contributed by atoms with Gasteiger partial charge in [-0.2, -0.15) is 0 Å². The molecule has 4 aromatic rings. The van der Waals surface area contributed by atoms with Crippen molar-refractivity contribution in [2.45, 2.75) is 44.7 Å². The zero-order valence-electron chi connectivity index (χ0n) is 21.5. The number of nitrogens with zero attached hydrogens (tertiary/aromatic N) is 3. The van der Waals surface area contributed by atoms with E-state index in [1.54, 1.807) is 0 Å². The number of carboxylic acid groups (broad SMARTS) is 1. The summed E-state index contributed by atoms with van der Waals surface area (Å²) in [5.41, 5.74) is 5.83. The fourth-order valence-corrected chi connectivity index (χ4v) is 5.59. The van der Waals surface area contributed by atoms with Crippen LogP contribution in [-0.2, 0) is 11.3 Å². The summed E-state index contributed by atoms with van der Waals surface area (Å²) < 4.78 is 0. The lowest BCUT2D eigenvalue weighted by Crippen LogP contribution is -2.47. The Morgan fingerprint density at radius 3 is 2.19 bits per heavy atom. The highest BCUT2D eigenvalue weighted by Gasteiger charge is 2.26. The molecule has 1 aliphatic heterocycles. The molecular weight excluding hydrogens is 460 g/mol. The highest BCUT2D eigenvalue weighted by molar-refractivity contribution is 5.76. The van der Waals surface area contributed by atoms with Gasteiger partial charge in [-0.25, -0.2) is 4.98 Å². The van der Waals surface area contributed by atoms with Gasteiger partial charge in [-0.3, -0.25) is 14.6 Å². The van der Waals surface area contributed by atoms with E-state index in [4.69, 9.17) is 4.98 Å². The molecule has 0 bridgehead atoms. The van der Waals surface area contributed by atoms with E-state index in [-0.39, 0.29) is 18.4 Å². The lowest BCUT2D eigenvalue weighted by Gasteiger charge is -2.39. The predicted octanol–water partition coefficient (Wildman–Crippen LogP) is 5.83. The second kappa shape index (κ2) is 11.7. The van der Waals surface area contributed by atoms with Crippen molar-refractivity contribution in [1.29, 1.82) is 0 Å². The number of H-pyrrole nitrogens is 1. The zero-order valence-corrected chi connectivity index (χ0v) is 21.5. The summed E-state index contributed by atoms with van der Waals surface area (Å²) in [7, 11) is 0. The molecule has 1 unspecified atom stereocenters. The summed E-state index contributed by atoms with van der Waals surface area (Å²) in [6, 6.07) is 28.3. The van der Waals surface area contributed by atoms with Crippen LogP contribution in [-0.4, -0.2) is 57.0 Å². The minimum absolute atomic E-state index is 0.0754. The Bertz CT molecular complexity index is 1260. The van der Waals surface area contributed by atoms with E-state index in [0.717, 1.165) is 62.4 Å². The molecule has 37 heavy (non-hydrogen) atoms. The van der Waals surface area contributed by atoms with Crippen molar-refractivity contribution in [2.75, 3.05) is 26.2 Å². The highest BCUT2D eigenvalue weighted by Crippen LogP contribution is 2.30. The Morgan fingerprint density at radius 2 is 1.59 bits per heavy atom. The number of rotatable bonds is 10. The number of fused-ring (bicyclic) bond motifs is 1. The van der Waals surface area contributed by atoms with Crippen LogP contribution in [0.25, 0.3) is 11.0 Å². The molecule has 1 aromatic heterocycles. The lowest BCUT2D eigenvalue weighted by molar-refractivity contribution is -0.137. The third-order valence-corrected chi connectivity index (χ3v) is 7.42. The maximum Gasteiger partial charge on any atom is 0.304 e. The van der Waals surface area contributed by atoms with E-state index >= 15 is 0 Å². The molecule has 1 fully saturated rings. The van der Waals surface area contributed by atoms with Gasteiger partial charge in [-0.15, -0.1) is 0 Å². The van der Waals surface area contributed by atoms with E-state index in [2.05, 4.69) is 101 Å². The fraction of sp³-hybridized carbons (Fsp3) is 0.355. The molecule has 0 saturated carbocycles. The number of nitrogens with one attached hydrogen (secondary N) is 1. The van der Waals surface area contributed by atoms with Crippen LogP contribution in [0.5, 0.6) is 0 Å². The van der Waals surface area contributed by atoms with Gasteiger partial charge in [0, 0.05) is 38.6 Å². The number of hydrogen-bond donors (Lipinski definition) is 2. The summed E-state index contributed by atoms with van der Waals surface area (Å²) in [5, 5.41) is 9.30. The van der Waals surface area contributed by atoms with Gasteiger partial charge in [0.1, 0.15) is 5.82 Å². The van der Waals surface area contributed by atoms with Crippen LogP contribution in [0.1, 0.15) is 60.7 Å². The summed E-state index contributed by atoms with van der Waals surface area (Å²) >= 11 is 0. The third-order valence-electron chi connectivity index (χ3n) is 7.42. The zero-order chi connectivity index (χ0) is 25.6. The van der Waals surface area contributed by atoms with Gasteiger partial charge in [0.05, 0.1) is 23.5 Å². The van der Waals surface area contributed by atoms with Crippen molar-refractivity contribution in [3.8, 4) is 0 Å². The maximum absolute atomic E-state index is 11.3. The fourth-order valence-electron chi connectivity index (χ4n) is 5.59. The van der Waals surface area contributed by atoms with Crippen LogP contribution >= 0.6 is 0 Å². The molecule has 192 valence electrons. The summed E-state index contributed by atoms with van der Waals surface area (Å²) in [6.07, 6.45) is 1.86. The van der Waals surface area contributed by atoms with Gasteiger partial charge in [0.2, 0.25) is 0 Å². The molecule has 0 spiro atoms. The predicted molar refractivity (Wildman–Crippen MR) is 148 cm³/mol. The Morgan fingerprint density at radius 1 is 0.946 bits per heavy atom. The molecule has 2 N–H and O–H groups in total. The van der Waals surface area contributed by atoms with Crippen LogP contribution in [0.15, 0.2) is 78.9 Å². The first-order valence-electron chi connectivity index (χ1n) is 13.4. The average Bonchev–Trinajstić information content (AvgIpc) is 3.34. The molecular formula is C31H36N4O2. The van der Waals surface area contributed by atoms with Gasteiger partial charge >= 0.3 is 5.97 Å². The molecule has 2 heterocycles. The average molecular weight is 497 g/mol. The molecule has 6 heteroatoms. The minimum atomic E-state index is -0.777. The van der Waals surface area contributed by atoms with Gasteiger partial charge in [0.25, 0.3) is 0 Å². The van der Waals surface area contributed by atoms with Crippen molar-refractivity contribution in [3.63, 3.8) is 0 Å². The monoisotopic (exact) mass is 496 g/mol. The molecule has 0 aliphatic carbocycles. The summed E-state index contributed by atoms with van der Waals surface area (Å²) in [6.45, 7) is 7.03. The minimum Gasteiger partial charge on any atom is -0.481 e. The second-order valence-corrected chi connectivity index (χ2v) is 10.1. The Labute approximate surface area is 219 Å². The smallest absolute Gasteiger partial charge is 0.304 e. The van der Waals surface area contributed by atoms with Crippen LogP contribution in [0.2, 0.25) is 0 Å². The molecule has 1 aliphatic rings. The van der Waals surface area contributed by atoms with Crippen molar-refractivity contribution < 1.29 is 9.90 Å². The topological polar surface area (TPSA) is 72.5 Å². The molecule has 3 aromatic carbocycles. The largest absolute Gasteiger partial charge is 0.481 e. The number of carbonyl (C=O) groups is 1. The second-order valence-electron chi connectivity index (χ2n) is 10.1. The number of aliphatic carboxylic acids is 1. The number of carboxylic acids is 1. The first-order chi connectivity index (χ1) is 18.1. The van der Waals surface area contributed by atoms with Crippen LogP contribution in [0, 0.1) is 0 Å². The van der Waals surface area contributed by atoms with Crippen molar-refractivity contribution in [3.05, 3.63) is 101 Å². The van der Waals surface area contributed by atoms with E-state index in [0.29, 0.717) is 0 Å². The number of hydrogen-bond acceptors (Lipinski definition) is 4. The first-order valence-corrected chi connectivity index (χ1v) is 13.4. The maximum atomic E-state index is 11.3. The standard InChI is InChI=1S/C31H36N4O2/c1-2-9-26(21-29(36)37)31-32-27-15-14-23(20-28(27)33-31)22-34-16-18-35(19-17-34)30(24-10-5-3-6-11-24)25-12-7-4-8-13-25/h3-8,10-15,20,26,30H,2,9,16-19,21-22H2,1H3,(H,32,33)(H,36,37). The Kier molecular flexibility index (Phi) is 7.97. The van der Waals surface area contributed by atoms with E-state index in [9.17, 15) is 9.90 Å². The van der Waals surface area contributed by atoms with Crippen molar-refractivity contribution >= 4 is 17.0 Å². The molecule has 0 radical (unpaired) electrons. The quantitative estimate of drug-likeness (QED) is 0.289. The van der Waals surface area contributed by atoms with Gasteiger partial charge in [-0.05, 0) is 35.2 Å². The van der Waals surface area contributed by atoms with E-state index in [1.165, 1.54) is 16.7 Å². The van der Waals surface area contributed by atoms with Gasteiger partial charge in [0.15, 0.2) is 0 Å². The van der Waals surface area contributed by atoms with Crippen LogP contribution in [0.3, 0.4) is 0 Å². The highest BCUT2D eigenvalue weighted by atomic mass is 16.4. The van der Waals surface area contributed by atoms with Crippen molar-refractivity contribution in [1.82, 2.24) is 19.8 Å². The van der Waals surface area contributed by atoms with Crippen LogP contribution in [0.4, 0.5) is 0 Å². The first kappa shape index (κ1) is 25.2. The number of benzene rings is 3.